The van der Waals surface area contributed by atoms with Crippen LogP contribution in [0, 0.1) is 12.8 Å². The van der Waals surface area contributed by atoms with Gasteiger partial charge in [-0.1, -0.05) is 24.3 Å². The monoisotopic (exact) mass is 424 g/mol. The number of hydrogen-bond donors (Lipinski definition) is 3. The van der Waals surface area contributed by atoms with Gasteiger partial charge >= 0.3 is 6.03 Å². The Morgan fingerprint density at radius 1 is 1.23 bits per heavy atom. The fourth-order valence-electron chi connectivity index (χ4n) is 4.58. The number of nitrogens with zero attached hydrogens (tertiary/aromatic N) is 3. The number of aromatic nitrogens is 2. The number of carbonyl (C=O) groups excluding carboxylic acids is 2. The molecule has 2 aliphatic heterocycles. The fourth-order valence-corrected chi connectivity index (χ4v) is 4.58. The van der Waals surface area contributed by atoms with Crippen molar-refractivity contribution < 1.29 is 9.59 Å². The molecule has 2 aromatic rings. The Balaban J connectivity index is 1.42. The topological polar surface area (TPSA) is 93.4 Å². The average molecular weight is 425 g/mol. The first-order valence-electron chi connectivity index (χ1n) is 10.9. The molecule has 0 aliphatic carbocycles. The van der Waals surface area contributed by atoms with E-state index >= 15 is 0 Å². The van der Waals surface area contributed by atoms with Crippen molar-refractivity contribution in [2.45, 2.75) is 52.2 Å². The van der Waals surface area contributed by atoms with Crippen molar-refractivity contribution in [1.29, 1.82) is 0 Å². The first-order chi connectivity index (χ1) is 14.8. The van der Waals surface area contributed by atoms with Crippen molar-refractivity contribution in [1.82, 2.24) is 25.3 Å². The van der Waals surface area contributed by atoms with E-state index in [0.717, 1.165) is 48.3 Å². The summed E-state index contributed by atoms with van der Waals surface area (Å²) in [4.78, 5) is 30.0. The third-order valence-corrected chi connectivity index (χ3v) is 6.74. The van der Waals surface area contributed by atoms with Crippen molar-refractivity contribution in [2.75, 3.05) is 25.5 Å². The lowest BCUT2D eigenvalue weighted by Crippen LogP contribution is -2.46. The van der Waals surface area contributed by atoms with Crippen LogP contribution in [0.2, 0.25) is 0 Å². The number of hydrogen-bond acceptors (Lipinski definition) is 4. The first kappa shape index (κ1) is 21.4. The lowest BCUT2D eigenvalue weighted by molar-refractivity contribution is -0.142. The molecule has 0 saturated carbocycles. The van der Waals surface area contributed by atoms with E-state index in [2.05, 4.69) is 32.8 Å². The van der Waals surface area contributed by atoms with Gasteiger partial charge in [-0.25, -0.2) is 4.79 Å². The predicted octanol–water partition coefficient (Wildman–Crippen LogP) is 2.96. The van der Waals surface area contributed by atoms with E-state index in [9.17, 15) is 9.59 Å². The zero-order valence-corrected chi connectivity index (χ0v) is 18.8. The fraction of sp³-hybridized carbons (Fsp3) is 0.522. The molecule has 166 valence electrons. The molecule has 0 atom stereocenters. The van der Waals surface area contributed by atoms with Crippen LogP contribution < -0.4 is 10.6 Å². The summed E-state index contributed by atoms with van der Waals surface area (Å²) in [5, 5.41) is 13.1. The van der Waals surface area contributed by atoms with Gasteiger partial charge in [0.05, 0.1) is 17.8 Å². The summed E-state index contributed by atoms with van der Waals surface area (Å²) in [6, 6.07) is 7.65. The highest BCUT2D eigenvalue weighted by molar-refractivity contribution is 5.89. The SMILES string of the molecule is Cc1ccccc1CNC(=O)Nc1n[nH]c2c1CN(C(=O)C1CCN(C)CC1)C2(C)C. The molecule has 3 heterocycles. The summed E-state index contributed by atoms with van der Waals surface area (Å²) >= 11 is 0. The molecule has 2 aliphatic rings. The van der Waals surface area contributed by atoms with Crippen LogP contribution in [0.15, 0.2) is 24.3 Å². The molecule has 1 aromatic heterocycles. The number of anilines is 1. The first-order valence-corrected chi connectivity index (χ1v) is 10.9. The van der Waals surface area contributed by atoms with Gasteiger partial charge in [0.15, 0.2) is 5.82 Å². The highest BCUT2D eigenvalue weighted by Gasteiger charge is 2.45. The maximum atomic E-state index is 13.3. The number of carbonyl (C=O) groups is 2. The second-order valence-corrected chi connectivity index (χ2v) is 9.22. The zero-order chi connectivity index (χ0) is 22.2. The van der Waals surface area contributed by atoms with Crippen molar-refractivity contribution in [3.63, 3.8) is 0 Å². The number of urea groups is 1. The molecule has 1 fully saturated rings. The summed E-state index contributed by atoms with van der Waals surface area (Å²) < 4.78 is 0. The number of piperidine rings is 1. The van der Waals surface area contributed by atoms with Gasteiger partial charge in [-0.05, 0) is 64.9 Å². The third kappa shape index (κ3) is 4.17. The normalized spacial score (nSPS) is 18.6. The summed E-state index contributed by atoms with van der Waals surface area (Å²) in [6.07, 6.45) is 1.78. The van der Waals surface area contributed by atoms with Crippen molar-refractivity contribution in [3.8, 4) is 0 Å². The number of H-pyrrole nitrogens is 1. The van der Waals surface area contributed by atoms with E-state index in [1.165, 1.54) is 0 Å². The molecular formula is C23H32N6O2. The van der Waals surface area contributed by atoms with Crippen LogP contribution in [-0.4, -0.2) is 52.1 Å². The van der Waals surface area contributed by atoms with Crippen LogP contribution in [-0.2, 0) is 23.4 Å². The Kier molecular flexibility index (Phi) is 5.75. The standard InChI is InChI=1S/C23H32N6O2/c1-15-7-5-6-8-17(15)13-24-22(31)25-20-18-14-29(23(2,3)19(18)26-27-20)21(30)16-9-11-28(4)12-10-16/h5-8,16H,9-14H2,1-4H3,(H3,24,25,26,27,31). The maximum Gasteiger partial charge on any atom is 0.320 e. The third-order valence-electron chi connectivity index (χ3n) is 6.74. The van der Waals surface area contributed by atoms with Crippen LogP contribution in [0.5, 0.6) is 0 Å². The molecule has 0 unspecified atom stereocenters. The molecule has 4 rings (SSSR count). The number of likely N-dealkylation sites (tertiary alicyclic amines) is 1. The van der Waals surface area contributed by atoms with Gasteiger partial charge in [-0.3, -0.25) is 15.2 Å². The number of rotatable bonds is 4. The van der Waals surface area contributed by atoms with E-state index in [0.29, 0.717) is 18.9 Å². The van der Waals surface area contributed by atoms with Crippen LogP contribution in [0.1, 0.15) is 49.1 Å². The molecule has 0 bridgehead atoms. The minimum Gasteiger partial charge on any atom is -0.334 e. The number of amides is 3. The molecule has 31 heavy (non-hydrogen) atoms. The van der Waals surface area contributed by atoms with E-state index < -0.39 is 5.54 Å². The van der Waals surface area contributed by atoms with Crippen LogP contribution in [0.4, 0.5) is 10.6 Å². The minimum atomic E-state index is -0.486. The van der Waals surface area contributed by atoms with Crippen molar-refractivity contribution in [3.05, 3.63) is 46.6 Å². The van der Waals surface area contributed by atoms with E-state index in [-0.39, 0.29) is 17.9 Å². The van der Waals surface area contributed by atoms with Gasteiger partial charge in [-0.2, -0.15) is 5.10 Å². The summed E-state index contributed by atoms with van der Waals surface area (Å²) in [5.41, 5.74) is 3.50. The Morgan fingerprint density at radius 2 is 1.94 bits per heavy atom. The van der Waals surface area contributed by atoms with Crippen LogP contribution >= 0.6 is 0 Å². The molecule has 1 aromatic carbocycles. The summed E-state index contributed by atoms with van der Waals surface area (Å²) in [5.74, 6) is 0.739. The molecule has 8 heteroatoms. The number of benzene rings is 1. The number of aryl methyl sites for hydroxylation is 1. The minimum absolute atomic E-state index is 0.0567. The molecule has 8 nitrogen and oxygen atoms in total. The van der Waals surface area contributed by atoms with E-state index in [1.807, 2.05) is 49.9 Å². The second kappa shape index (κ2) is 8.34. The highest BCUT2D eigenvalue weighted by Crippen LogP contribution is 2.41. The van der Waals surface area contributed by atoms with E-state index in [4.69, 9.17) is 0 Å². The molecule has 3 amide bonds. The van der Waals surface area contributed by atoms with Gasteiger partial charge < -0.3 is 15.1 Å². The molecule has 0 radical (unpaired) electrons. The highest BCUT2D eigenvalue weighted by atomic mass is 16.2. The van der Waals surface area contributed by atoms with Crippen LogP contribution in [0.25, 0.3) is 0 Å². The van der Waals surface area contributed by atoms with Gasteiger partial charge in [0.2, 0.25) is 5.91 Å². The maximum absolute atomic E-state index is 13.3. The molecule has 0 spiro atoms. The summed E-state index contributed by atoms with van der Waals surface area (Å²) in [6.45, 7) is 8.89. The quantitative estimate of drug-likeness (QED) is 0.703. The lowest BCUT2D eigenvalue weighted by Gasteiger charge is -2.37. The van der Waals surface area contributed by atoms with Crippen molar-refractivity contribution >= 4 is 17.8 Å². The van der Waals surface area contributed by atoms with Crippen LogP contribution in [0.3, 0.4) is 0 Å². The molecule has 3 N–H and O–H groups in total. The molecular weight excluding hydrogens is 392 g/mol. The Labute approximate surface area is 183 Å². The Hall–Kier alpha value is -2.87. The lowest BCUT2D eigenvalue weighted by atomic mass is 9.93. The van der Waals surface area contributed by atoms with Gasteiger partial charge in [0.25, 0.3) is 0 Å². The Morgan fingerprint density at radius 3 is 2.65 bits per heavy atom. The number of nitrogens with one attached hydrogen (secondary N) is 3. The molecule has 1 saturated heterocycles. The smallest absolute Gasteiger partial charge is 0.320 e. The largest absolute Gasteiger partial charge is 0.334 e. The summed E-state index contributed by atoms with van der Waals surface area (Å²) in [7, 11) is 2.10. The van der Waals surface area contributed by atoms with Crippen molar-refractivity contribution in [2.24, 2.45) is 5.92 Å². The van der Waals surface area contributed by atoms with E-state index in [1.54, 1.807) is 0 Å². The number of aromatic amines is 1. The van der Waals surface area contributed by atoms with Gasteiger partial charge in [0, 0.05) is 18.0 Å². The average Bonchev–Trinajstić information content (AvgIpc) is 3.25. The second-order valence-electron chi connectivity index (χ2n) is 9.22. The van der Waals surface area contributed by atoms with Gasteiger partial charge in [0.1, 0.15) is 0 Å². The zero-order valence-electron chi connectivity index (χ0n) is 18.8. The Bertz CT molecular complexity index is 974. The van der Waals surface area contributed by atoms with Gasteiger partial charge in [-0.15, -0.1) is 0 Å². The number of fused-ring (bicyclic) bond motifs is 1. The predicted molar refractivity (Wildman–Crippen MR) is 119 cm³/mol.